The zero-order chi connectivity index (χ0) is 29.2. The number of ether oxygens (including phenoxy) is 1. The maximum absolute atomic E-state index is 13.4. The van der Waals surface area contributed by atoms with Crippen LogP contribution in [0.3, 0.4) is 0 Å². The number of benzene rings is 1. The monoisotopic (exact) mass is 581 g/mol. The molecule has 0 atom stereocenters. The minimum Gasteiger partial charge on any atom is -0.444 e. The molecule has 1 aliphatic carbocycles. The van der Waals surface area contributed by atoms with Gasteiger partial charge in [-0.25, -0.2) is 22.2 Å². The highest BCUT2D eigenvalue weighted by Crippen LogP contribution is 2.35. The van der Waals surface area contributed by atoms with E-state index in [1.165, 1.54) is 16.4 Å². The fourth-order valence-corrected chi connectivity index (χ4v) is 6.95. The Bertz CT molecular complexity index is 1500. The van der Waals surface area contributed by atoms with Crippen LogP contribution in [0.4, 0.5) is 16.2 Å². The number of nitrogens with one attached hydrogen (secondary N) is 2. The number of anilines is 2. The topological polar surface area (TPSA) is 123 Å². The molecule has 0 radical (unpaired) electrons. The lowest BCUT2D eigenvalue weighted by Gasteiger charge is -2.34. The second kappa shape index (κ2) is 11.7. The predicted octanol–water partition coefficient (Wildman–Crippen LogP) is 5.60. The van der Waals surface area contributed by atoms with Gasteiger partial charge in [0.2, 0.25) is 5.91 Å². The van der Waals surface area contributed by atoms with Crippen LogP contribution in [0, 0.1) is 5.92 Å². The number of piperidine rings is 1. The van der Waals surface area contributed by atoms with Crippen molar-refractivity contribution in [3.63, 3.8) is 0 Å². The molecule has 5 rings (SSSR count). The number of pyridine rings is 1. The van der Waals surface area contributed by atoms with Crippen LogP contribution < -0.4 is 10.6 Å². The summed E-state index contributed by atoms with van der Waals surface area (Å²) < 4.78 is 33.6. The summed E-state index contributed by atoms with van der Waals surface area (Å²) in [5.41, 5.74) is 0.863. The summed E-state index contributed by atoms with van der Waals surface area (Å²) >= 11 is 0. The van der Waals surface area contributed by atoms with E-state index in [-0.39, 0.29) is 28.6 Å². The molecule has 2 aliphatic rings. The number of hydrogen-bond donors (Lipinski definition) is 2. The number of hydrogen-bond acceptors (Lipinski definition) is 7. The normalized spacial score (nSPS) is 17.1. The molecule has 0 unspecified atom stereocenters. The zero-order valence-corrected chi connectivity index (χ0v) is 24.7. The average molecular weight is 582 g/mol. The number of fused-ring (bicyclic) bond motifs is 1. The largest absolute Gasteiger partial charge is 0.444 e. The lowest BCUT2D eigenvalue weighted by Crippen LogP contribution is -2.44. The van der Waals surface area contributed by atoms with E-state index < -0.39 is 15.6 Å². The van der Waals surface area contributed by atoms with Gasteiger partial charge in [-0.1, -0.05) is 31.0 Å². The number of likely N-dealkylation sites (tertiary alicyclic amines) is 1. The van der Waals surface area contributed by atoms with Crippen molar-refractivity contribution in [1.29, 1.82) is 0 Å². The molecule has 3 heterocycles. The van der Waals surface area contributed by atoms with Crippen LogP contribution in [-0.4, -0.2) is 59.0 Å². The number of carbonyl (C=O) groups is 2. The Kier molecular flexibility index (Phi) is 8.26. The van der Waals surface area contributed by atoms with E-state index in [4.69, 9.17) is 4.74 Å². The molecule has 1 saturated carbocycles. The summed E-state index contributed by atoms with van der Waals surface area (Å²) in [7, 11) is -3.87. The van der Waals surface area contributed by atoms with Gasteiger partial charge in [0.15, 0.2) is 5.65 Å². The highest BCUT2D eigenvalue weighted by Gasteiger charge is 2.29. The smallest absolute Gasteiger partial charge is 0.410 e. The standard InChI is InChI=1S/C30H39N5O5S/c1-30(2,3)40-29(37)34-16-13-22(14-17-34)32-27-24-15-18-35(41(38,39)23-11-5-4-6-12-23)28(24)31-20-25(27)33-26(36)19-21-9-7-8-10-21/h4-6,11-12,15,18,20-22H,7-10,13-14,16-17,19H2,1-3H3,(H,31,32)(H,33,36). The van der Waals surface area contributed by atoms with E-state index in [9.17, 15) is 18.0 Å². The third kappa shape index (κ3) is 6.66. The second-order valence-corrected chi connectivity index (χ2v) is 13.8. The minimum atomic E-state index is -3.87. The molecule has 2 amide bonds. The molecule has 1 saturated heterocycles. The quantitative estimate of drug-likeness (QED) is 0.372. The first-order chi connectivity index (χ1) is 19.5. The number of aromatic nitrogens is 2. The molecule has 2 N–H and O–H groups in total. The lowest BCUT2D eigenvalue weighted by molar-refractivity contribution is -0.117. The Hall–Kier alpha value is -3.60. The Labute approximate surface area is 241 Å². The van der Waals surface area contributed by atoms with Crippen LogP contribution in [0.1, 0.15) is 65.7 Å². The SMILES string of the molecule is CC(C)(C)OC(=O)N1CCC(Nc2c(NC(=O)CC3CCCC3)cnc3c2ccn3S(=O)(=O)c2ccccc2)CC1. The number of rotatable bonds is 7. The van der Waals surface area contributed by atoms with Gasteiger partial charge in [0.25, 0.3) is 10.0 Å². The van der Waals surface area contributed by atoms with E-state index in [1.54, 1.807) is 41.3 Å². The summed E-state index contributed by atoms with van der Waals surface area (Å²) in [6, 6.07) is 9.95. The molecule has 10 nitrogen and oxygen atoms in total. The summed E-state index contributed by atoms with van der Waals surface area (Å²) in [6.07, 6.45) is 8.93. The molecule has 2 fully saturated rings. The highest BCUT2D eigenvalue weighted by molar-refractivity contribution is 7.90. The van der Waals surface area contributed by atoms with Crippen molar-refractivity contribution in [2.75, 3.05) is 23.7 Å². The molecule has 3 aromatic rings. The van der Waals surface area contributed by atoms with E-state index in [0.29, 0.717) is 55.0 Å². The highest BCUT2D eigenvalue weighted by atomic mass is 32.2. The van der Waals surface area contributed by atoms with Crippen molar-refractivity contribution in [3.05, 3.63) is 48.8 Å². The van der Waals surface area contributed by atoms with Crippen molar-refractivity contribution < 1.29 is 22.7 Å². The van der Waals surface area contributed by atoms with Gasteiger partial charge in [0, 0.05) is 37.1 Å². The molecule has 41 heavy (non-hydrogen) atoms. The van der Waals surface area contributed by atoms with E-state index >= 15 is 0 Å². The van der Waals surface area contributed by atoms with E-state index in [0.717, 1.165) is 25.7 Å². The molecule has 0 bridgehead atoms. The van der Waals surface area contributed by atoms with Gasteiger partial charge >= 0.3 is 6.09 Å². The first-order valence-electron chi connectivity index (χ1n) is 14.4. The molecule has 2 aromatic heterocycles. The number of nitrogens with zero attached hydrogens (tertiary/aromatic N) is 3. The fourth-order valence-electron chi connectivity index (χ4n) is 5.63. The number of amides is 2. The summed E-state index contributed by atoms with van der Waals surface area (Å²) in [4.78, 5) is 31.9. The molecular weight excluding hydrogens is 542 g/mol. The molecule has 0 spiro atoms. The molecule has 1 aliphatic heterocycles. The van der Waals surface area contributed by atoms with Gasteiger partial charge in [-0.05, 0) is 70.6 Å². The first kappa shape index (κ1) is 28.9. The van der Waals surface area contributed by atoms with Crippen molar-refractivity contribution in [1.82, 2.24) is 13.9 Å². The molecule has 1 aromatic carbocycles. The van der Waals surface area contributed by atoms with Crippen molar-refractivity contribution >= 4 is 44.4 Å². The molecule has 220 valence electrons. The van der Waals surface area contributed by atoms with Crippen molar-refractivity contribution in [2.45, 2.75) is 82.3 Å². The summed E-state index contributed by atoms with van der Waals surface area (Å²) in [6.45, 7) is 6.59. The Morgan fingerprint density at radius 1 is 1.02 bits per heavy atom. The number of carbonyl (C=O) groups excluding carboxylic acids is 2. The fraction of sp³-hybridized carbons (Fsp3) is 0.500. The second-order valence-electron chi connectivity index (χ2n) is 12.0. The van der Waals surface area contributed by atoms with Crippen LogP contribution in [0.15, 0.2) is 53.7 Å². The molecule has 11 heteroatoms. The van der Waals surface area contributed by atoms with Crippen molar-refractivity contribution in [3.8, 4) is 0 Å². The van der Waals surface area contributed by atoms with Gasteiger partial charge in [0.05, 0.1) is 22.5 Å². The zero-order valence-electron chi connectivity index (χ0n) is 23.9. The van der Waals surface area contributed by atoms with Crippen LogP contribution >= 0.6 is 0 Å². The van der Waals surface area contributed by atoms with Gasteiger partial charge in [0.1, 0.15) is 5.60 Å². The maximum Gasteiger partial charge on any atom is 0.410 e. The average Bonchev–Trinajstić information content (AvgIpc) is 3.60. The van der Waals surface area contributed by atoms with Gasteiger partial charge in [-0.3, -0.25) is 4.79 Å². The van der Waals surface area contributed by atoms with E-state index in [2.05, 4.69) is 15.6 Å². The Morgan fingerprint density at radius 3 is 2.37 bits per heavy atom. The summed E-state index contributed by atoms with van der Waals surface area (Å²) in [5, 5.41) is 7.20. The van der Waals surface area contributed by atoms with E-state index in [1.807, 2.05) is 20.8 Å². The Balaban J connectivity index is 1.42. The Morgan fingerprint density at radius 2 is 1.71 bits per heavy atom. The van der Waals surface area contributed by atoms with Gasteiger partial charge < -0.3 is 20.3 Å². The van der Waals surface area contributed by atoms with Crippen LogP contribution in [-0.2, 0) is 19.6 Å². The summed E-state index contributed by atoms with van der Waals surface area (Å²) in [5.74, 6) is 0.314. The van der Waals surface area contributed by atoms with Crippen LogP contribution in [0.25, 0.3) is 11.0 Å². The van der Waals surface area contributed by atoms with Gasteiger partial charge in [-0.15, -0.1) is 0 Å². The maximum atomic E-state index is 13.4. The van der Waals surface area contributed by atoms with Crippen LogP contribution in [0.2, 0.25) is 0 Å². The predicted molar refractivity (Wildman–Crippen MR) is 158 cm³/mol. The van der Waals surface area contributed by atoms with Gasteiger partial charge in [-0.2, -0.15) is 0 Å². The van der Waals surface area contributed by atoms with Crippen molar-refractivity contribution in [2.24, 2.45) is 5.92 Å². The van der Waals surface area contributed by atoms with Crippen LogP contribution in [0.5, 0.6) is 0 Å². The minimum absolute atomic E-state index is 0.00106. The molecular formula is C30H39N5O5S. The first-order valence-corrected chi connectivity index (χ1v) is 15.8. The third-order valence-electron chi connectivity index (χ3n) is 7.70. The lowest BCUT2D eigenvalue weighted by atomic mass is 10.0. The third-order valence-corrected chi connectivity index (χ3v) is 9.38.